The van der Waals surface area contributed by atoms with E-state index in [1.165, 1.54) is 6.07 Å². The van der Waals surface area contributed by atoms with Crippen LogP contribution >= 0.6 is 0 Å². The molecule has 1 aromatic rings. The van der Waals surface area contributed by atoms with Crippen molar-refractivity contribution >= 4 is 12.3 Å². The number of carbonyl (C=O) groups is 2. The molecule has 0 aromatic heterocycles. The second-order valence-electron chi connectivity index (χ2n) is 2.16. The smallest absolute Gasteiger partial charge is 0.338 e. The first-order chi connectivity index (χ1) is 5.65. The molecule has 0 spiro atoms. The Bertz CT molecular complexity index is 333. The Morgan fingerprint density at radius 2 is 2.17 bits per heavy atom. The largest absolute Gasteiger partial charge is 0.478 e. The molecule has 0 aliphatic rings. The van der Waals surface area contributed by atoms with E-state index in [-0.39, 0.29) is 5.56 Å². The Morgan fingerprint density at radius 1 is 1.50 bits per heavy atom. The standard InChI is InChI=1S/C8H5FO3/c9-7-2-1-5(4-10)3-6(7)8(11)12/h1-4H,(H,11,12). The van der Waals surface area contributed by atoms with Gasteiger partial charge in [0.05, 0.1) is 5.56 Å². The van der Waals surface area contributed by atoms with Crippen molar-refractivity contribution in [2.45, 2.75) is 0 Å². The highest BCUT2D eigenvalue weighted by Crippen LogP contribution is 2.08. The maximum atomic E-state index is 12.7. The van der Waals surface area contributed by atoms with Crippen LogP contribution < -0.4 is 0 Å². The maximum absolute atomic E-state index is 12.7. The van der Waals surface area contributed by atoms with Crippen molar-refractivity contribution in [1.82, 2.24) is 0 Å². The normalized spacial score (nSPS) is 9.42. The molecule has 0 radical (unpaired) electrons. The molecular weight excluding hydrogens is 163 g/mol. The molecule has 0 unspecified atom stereocenters. The minimum absolute atomic E-state index is 0.147. The summed E-state index contributed by atoms with van der Waals surface area (Å²) in [6.07, 6.45) is 0.464. The van der Waals surface area contributed by atoms with Crippen molar-refractivity contribution in [1.29, 1.82) is 0 Å². The van der Waals surface area contributed by atoms with E-state index in [9.17, 15) is 14.0 Å². The molecule has 4 heteroatoms. The molecule has 0 saturated heterocycles. The summed E-state index contributed by atoms with van der Waals surface area (Å²) in [6.45, 7) is 0. The zero-order valence-corrected chi connectivity index (χ0v) is 5.95. The van der Waals surface area contributed by atoms with Gasteiger partial charge in [0.1, 0.15) is 12.1 Å². The molecule has 0 fully saturated rings. The highest BCUT2D eigenvalue weighted by atomic mass is 19.1. The molecule has 0 aliphatic heterocycles. The Kier molecular flexibility index (Phi) is 2.19. The Hall–Kier alpha value is -1.71. The molecule has 12 heavy (non-hydrogen) atoms. The Morgan fingerprint density at radius 3 is 2.67 bits per heavy atom. The minimum atomic E-state index is -1.38. The van der Waals surface area contributed by atoms with E-state index < -0.39 is 17.3 Å². The number of carbonyl (C=O) groups excluding carboxylic acids is 1. The van der Waals surface area contributed by atoms with Crippen LogP contribution in [0.2, 0.25) is 0 Å². The average molecular weight is 168 g/mol. The number of halogens is 1. The average Bonchev–Trinajstić information content (AvgIpc) is 2.05. The summed E-state index contributed by atoms with van der Waals surface area (Å²) < 4.78 is 12.7. The first-order valence-electron chi connectivity index (χ1n) is 3.13. The second kappa shape index (κ2) is 3.13. The van der Waals surface area contributed by atoms with E-state index in [1.54, 1.807) is 0 Å². The first-order valence-corrected chi connectivity index (χ1v) is 3.13. The van der Waals surface area contributed by atoms with Crippen LogP contribution in [0.25, 0.3) is 0 Å². The number of carboxylic acids is 1. The van der Waals surface area contributed by atoms with Crippen LogP contribution in [0.4, 0.5) is 4.39 Å². The number of aldehydes is 1. The molecule has 0 aliphatic carbocycles. The summed E-state index contributed by atoms with van der Waals surface area (Å²) in [5, 5.41) is 8.43. The van der Waals surface area contributed by atoms with Crippen LogP contribution in [0.1, 0.15) is 20.7 Å². The van der Waals surface area contributed by atoms with E-state index in [2.05, 4.69) is 0 Å². The lowest BCUT2D eigenvalue weighted by molar-refractivity contribution is 0.0692. The van der Waals surface area contributed by atoms with Gasteiger partial charge >= 0.3 is 5.97 Å². The van der Waals surface area contributed by atoms with E-state index in [0.29, 0.717) is 6.29 Å². The van der Waals surface area contributed by atoms with Gasteiger partial charge in [0.25, 0.3) is 0 Å². The highest BCUT2D eigenvalue weighted by molar-refractivity contribution is 5.90. The molecule has 0 bridgehead atoms. The number of hydrogen-bond donors (Lipinski definition) is 1. The molecule has 1 N–H and O–H groups in total. The van der Waals surface area contributed by atoms with Crippen LogP contribution in [0, 0.1) is 5.82 Å². The number of rotatable bonds is 2. The topological polar surface area (TPSA) is 54.4 Å². The summed E-state index contributed by atoms with van der Waals surface area (Å²) in [6, 6.07) is 3.16. The fraction of sp³-hybridized carbons (Fsp3) is 0. The van der Waals surface area contributed by atoms with Crippen LogP contribution in [0.5, 0.6) is 0 Å². The predicted octanol–water partition coefficient (Wildman–Crippen LogP) is 1.34. The molecule has 1 rings (SSSR count). The van der Waals surface area contributed by atoms with Gasteiger partial charge in [0, 0.05) is 5.56 Å². The first kappa shape index (κ1) is 8.39. The third-order valence-electron chi connectivity index (χ3n) is 1.36. The van der Waals surface area contributed by atoms with Crippen molar-refractivity contribution in [2.75, 3.05) is 0 Å². The van der Waals surface area contributed by atoms with Gasteiger partial charge in [-0.2, -0.15) is 0 Å². The van der Waals surface area contributed by atoms with Crippen LogP contribution in [0.3, 0.4) is 0 Å². The Labute approximate surface area is 67.4 Å². The molecule has 3 nitrogen and oxygen atoms in total. The summed E-state index contributed by atoms with van der Waals surface area (Å²) in [7, 11) is 0. The quantitative estimate of drug-likeness (QED) is 0.678. The lowest BCUT2D eigenvalue weighted by Crippen LogP contribution is -2.01. The van der Waals surface area contributed by atoms with Crippen molar-refractivity contribution < 1.29 is 19.1 Å². The number of carboxylic acid groups (broad SMARTS) is 1. The maximum Gasteiger partial charge on any atom is 0.338 e. The van der Waals surface area contributed by atoms with Crippen molar-refractivity contribution in [3.05, 3.63) is 35.1 Å². The molecule has 1 aromatic carbocycles. The molecular formula is C8H5FO3. The van der Waals surface area contributed by atoms with Crippen molar-refractivity contribution in [2.24, 2.45) is 0 Å². The summed E-state index contributed by atoms with van der Waals surface area (Å²) >= 11 is 0. The zero-order chi connectivity index (χ0) is 9.14. The highest BCUT2D eigenvalue weighted by Gasteiger charge is 2.09. The van der Waals surface area contributed by atoms with Gasteiger partial charge in [-0.3, -0.25) is 4.79 Å². The summed E-state index contributed by atoms with van der Waals surface area (Å²) in [5.41, 5.74) is -0.339. The van der Waals surface area contributed by atoms with Gasteiger partial charge in [-0.05, 0) is 18.2 Å². The van der Waals surface area contributed by atoms with Gasteiger partial charge in [0.2, 0.25) is 0 Å². The van der Waals surface area contributed by atoms with Crippen LogP contribution in [-0.4, -0.2) is 17.4 Å². The Balaban J connectivity index is 3.25. The van der Waals surface area contributed by atoms with Gasteiger partial charge in [-0.15, -0.1) is 0 Å². The number of aromatic carboxylic acids is 1. The van der Waals surface area contributed by atoms with Crippen LogP contribution in [-0.2, 0) is 0 Å². The molecule has 0 saturated carbocycles. The van der Waals surface area contributed by atoms with Crippen molar-refractivity contribution in [3.8, 4) is 0 Å². The SMILES string of the molecule is O=Cc1ccc(F)c(C(=O)O)c1. The van der Waals surface area contributed by atoms with E-state index in [0.717, 1.165) is 12.1 Å². The molecule has 0 amide bonds. The number of hydrogen-bond acceptors (Lipinski definition) is 2. The summed E-state index contributed by atoms with van der Waals surface area (Å²) in [5.74, 6) is -2.22. The minimum Gasteiger partial charge on any atom is -0.478 e. The second-order valence-corrected chi connectivity index (χ2v) is 2.16. The van der Waals surface area contributed by atoms with Gasteiger partial charge in [0.15, 0.2) is 0 Å². The molecule has 0 atom stereocenters. The van der Waals surface area contributed by atoms with E-state index >= 15 is 0 Å². The summed E-state index contributed by atoms with van der Waals surface area (Å²) in [4.78, 5) is 20.5. The van der Waals surface area contributed by atoms with Crippen molar-refractivity contribution in [3.63, 3.8) is 0 Å². The van der Waals surface area contributed by atoms with Gasteiger partial charge in [-0.1, -0.05) is 0 Å². The molecule has 0 heterocycles. The zero-order valence-electron chi connectivity index (χ0n) is 5.95. The third kappa shape index (κ3) is 1.47. The lowest BCUT2D eigenvalue weighted by atomic mass is 10.1. The third-order valence-corrected chi connectivity index (χ3v) is 1.36. The number of benzene rings is 1. The molecule has 62 valence electrons. The predicted molar refractivity (Wildman–Crippen MR) is 38.7 cm³/mol. The van der Waals surface area contributed by atoms with Gasteiger partial charge in [-0.25, -0.2) is 9.18 Å². The monoisotopic (exact) mass is 168 g/mol. The van der Waals surface area contributed by atoms with Crippen LogP contribution in [0.15, 0.2) is 18.2 Å². The van der Waals surface area contributed by atoms with Gasteiger partial charge < -0.3 is 5.11 Å². The van der Waals surface area contributed by atoms with E-state index in [1.807, 2.05) is 0 Å². The fourth-order valence-electron chi connectivity index (χ4n) is 0.780. The van der Waals surface area contributed by atoms with E-state index in [4.69, 9.17) is 5.11 Å². The fourth-order valence-corrected chi connectivity index (χ4v) is 0.780. The lowest BCUT2D eigenvalue weighted by Gasteiger charge is -1.96.